The molecule has 6 heterocycles. The van der Waals surface area contributed by atoms with E-state index in [-0.39, 0.29) is 24.6 Å². The Labute approximate surface area is 313 Å². The highest BCUT2D eigenvalue weighted by molar-refractivity contribution is 7.92. The molecule has 0 aromatic carbocycles. The van der Waals surface area contributed by atoms with Crippen molar-refractivity contribution in [1.29, 1.82) is 0 Å². The van der Waals surface area contributed by atoms with Gasteiger partial charge in [-0.3, -0.25) is 9.88 Å². The van der Waals surface area contributed by atoms with Crippen LogP contribution in [0, 0.1) is 4.91 Å². The van der Waals surface area contributed by atoms with Gasteiger partial charge in [-0.05, 0) is 31.7 Å². The summed E-state index contributed by atoms with van der Waals surface area (Å²) in [5, 5.41) is 7.07. The Morgan fingerprint density at radius 3 is 2.35 bits per heavy atom. The van der Waals surface area contributed by atoms with Gasteiger partial charge in [0.25, 0.3) is 5.95 Å². The maximum Gasteiger partial charge on any atom is 0.401 e. The second kappa shape index (κ2) is 16.5. The summed E-state index contributed by atoms with van der Waals surface area (Å²) in [4.78, 5) is 39.5. The first-order valence-corrected chi connectivity index (χ1v) is 19.4. The summed E-state index contributed by atoms with van der Waals surface area (Å²) < 4.78 is 66.8. The molecule has 20 heteroatoms. The molecule has 290 valence electrons. The molecule has 1 N–H and O–H groups in total. The quantitative estimate of drug-likeness (QED) is 0.161. The van der Waals surface area contributed by atoms with Crippen LogP contribution >= 0.6 is 0 Å². The Hall–Kier alpha value is -4.53. The van der Waals surface area contributed by atoms with Gasteiger partial charge in [0.05, 0.1) is 78.2 Å². The van der Waals surface area contributed by atoms with Crippen molar-refractivity contribution >= 4 is 51.4 Å². The maximum atomic E-state index is 13.0. The molecule has 1 unspecified atom stereocenters. The zero-order chi connectivity index (χ0) is 37.8. The molecule has 2 aliphatic heterocycles. The van der Waals surface area contributed by atoms with E-state index in [2.05, 4.69) is 30.3 Å². The molecule has 4 aromatic heterocycles. The van der Waals surface area contributed by atoms with Crippen LogP contribution in [0.5, 0.6) is 5.88 Å². The lowest BCUT2D eigenvalue weighted by Crippen LogP contribution is -2.49. The molecule has 7 rings (SSSR count). The number of hydrogen-bond acceptors (Lipinski definition) is 15. The van der Waals surface area contributed by atoms with Crippen LogP contribution in [-0.2, 0) is 29.7 Å². The molecule has 0 amide bonds. The van der Waals surface area contributed by atoms with Crippen LogP contribution in [0.15, 0.2) is 42.1 Å². The summed E-state index contributed by atoms with van der Waals surface area (Å²) in [5.41, 5.74) is 2.73. The molecular formula is C34H43F3N12O4S. The Kier molecular flexibility index (Phi) is 11.5. The van der Waals surface area contributed by atoms with Gasteiger partial charge >= 0.3 is 6.18 Å². The minimum Gasteiger partial charge on any atom is -0.593 e. The second-order valence-electron chi connectivity index (χ2n) is 13.7. The van der Waals surface area contributed by atoms with Crippen molar-refractivity contribution in [2.24, 2.45) is 12.2 Å². The zero-order valence-electron chi connectivity index (χ0n) is 30.1. The topological polar surface area (TPSA) is 165 Å². The summed E-state index contributed by atoms with van der Waals surface area (Å²) in [6, 6.07) is 3.96. The average Bonchev–Trinajstić information content (AvgIpc) is 3.53. The van der Waals surface area contributed by atoms with Crippen molar-refractivity contribution in [3.05, 3.63) is 47.5 Å². The third-order valence-electron chi connectivity index (χ3n) is 10.1. The number of halogens is 3. The number of nitroso groups, excluding NO2 is 1. The predicted molar refractivity (Wildman–Crippen MR) is 199 cm³/mol. The van der Waals surface area contributed by atoms with Crippen molar-refractivity contribution < 1.29 is 27.2 Å². The van der Waals surface area contributed by atoms with Crippen molar-refractivity contribution in [3.8, 4) is 5.88 Å². The van der Waals surface area contributed by atoms with E-state index in [0.717, 1.165) is 37.2 Å². The van der Waals surface area contributed by atoms with Gasteiger partial charge in [-0.2, -0.15) is 22.5 Å². The lowest BCUT2D eigenvalue weighted by atomic mass is 9.93. The lowest BCUT2D eigenvalue weighted by Gasteiger charge is -2.36. The fraction of sp³-hybridized carbons (Fsp3) is 0.559. The highest BCUT2D eigenvalue weighted by Gasteiger charge is 2.32. The number of ether oxygens (including phenoxy) is 2. The number of anilines is 4. The van der Waals surface area contributed by atoms with Crippen LogP contribution in [0.1, 0.15) is 31.4 Å². The SMILES string of the molecule is Cn1c(CN(c2cnc3cc(N4CCOCC4)nc(O[C@H]4CC[C@@H](Nc5ncc(N6CCN(CC(F)(F)F)CC6)cn5)CC4)c3c2)[S+](C)[O-])cnc1N=O. The van der Waals surface area contributed by atoms with E-state index in [1.807, 2.05) is 17.0 Å². The maximum absolute atomic E-state index is 13.0. The van der Waals surface area contributed by atoms with Gasteiger partial charge in [0.2, 0.25) is 11.8 Å². The van der Waals surface area contributed by atoms with Gasteiger partial charge in [-0.25, -0.2) is 15.0 Å². The van der Waals surface area contributed by atoms with E-state index in [1.54, 1.807) is 40.8 Å². The summed E-state index contributed by atoms with van der Waals surface area (Å²) in [5.74, 6) is 1.74. The standard InChI is InChI=1S/C34H43F3N12O4S/c1-45-26(20-41-33(45)44-50)21-49(54(2)51)24-15-28-29(38-17-24)16-30(48-11-13-52-14-12-48)43-31(28)53-27-5-3-23(4-6-27)42-32-39-18-25(19-40-32)47-9-7-46(8-10-47)22-34(35,36)37/h15-20,23,27H,3-14,21-22H2,1-2H3,(H,39,40,42)/t23-,27+,54?. The fourth-order valence-electron chi connectivity index (χ4n) is 7.04. The third-order valence-corrected chi connectivity index (χ3v) is 11.0. The van der Waals surface area contributed by atoms with Crippen molar-refractivity contribution in [1.82, 2.24) is 34.4 Å². The number of pyridine rings is 2. The number of imidazole rings is 1. The smallest absolute Gasteiger partial charge is 0.401 e. The molecule has 16 nitrogen and oxygen atoms in total. The first kappa shape index (κ1) is 37.8. The summed E-state index contributed by atoms with van der Waals surface area (Å²) in [6.07, 6.45) is 7.06. The van der Waals surface area contributed by atoms with E-state index in [9.17, 15) is 22.6 Å². The van der Waals surface area contributed by atoms with E-state index in [4.69, 9.17) is 19.4 Å². The number of nitrogens with zero attached hydrogens (tertiary/aromatic N) is 11. The third kappa shape index (κ3) is 9.04. The molecule has 54 heavy (non-hydrogen) atoms. The summed E-state index contributed by atoms with van der Waals surface area (Å²) in [7, 11) is 1.68. The number of nitrogens with one attached hydrogen (secondary N) is 1. The van der Waals surface area contributed by atoms with Gasteiger partial charge in [0.1, 0.15) is 30.4 Å². The number of piperazine rings is 1. The van der Waals surface area contributed by atoms with Gasteiger partial charge in [0.15, 0.2) is 0 Å². The monoisotopic (exact) mass is 772 g/mol. The predicted octanol–water partition coefficient (Wildman–Crippen LogP) is 4.17. The molecule has 2 saturated heterocycles. The molecule has 3 aliphatic rings. The minimum atomic E-state index is -4.20. The molecule has 1 saturated carbocycles. The Morgan fingerprint density at radius 1 is 0.981 bits per heavy atom. The van der Waals surface area contributed by atoms with Gasteiger partial charge in [-0.1, -0.05) is 0 Å². The van der Waals surface area contributed by atoms with Crippen LogP contribution < -0.4 is 24.2 Å². The molecule has 0 spiro atoms. The summed E-state index contributed by atoms with van der Waals surface area (Å²) in [6.45, 7) is 3.52. The second-order valence-corrected chi connectivity index (χ2v) is 15.0. The molecular weight excluding hydrogens is 730 g/mol. The zero-order valence-corrected chi connectivity index (χ0v) is 30.9. The molecule has 3 fully saturated rings. The number of aromatic nitrogens is 6. The average molecular weight is 773 g/mol. The number of alkyl halides is 3. The van der Waals surface area contributed by atoms with E-state index >= 15 is 0 Å². The van der Waals surface area contributed by atoms with Crippen molar-refractivity contribution in [2.75, 3.05) is 84.7 Å². The van der Waals surface area contributed by atoms with Crippen LogP contribution in [0.2, 0.25) is 0 Å². The highest BCUT2D eigenvalue weighted by atomic mass is 32.2. The van der Waals surface area contributed by atoms with Crippen molar-refractivity contribution in [2.45, 2.75) is 50.6 Å². The van der Waals surface area contributed by atoms with Crippen LogP contribution in [0.4, 0.5) is 42.3 Å². The Bertz CT molecular complexity index is 1880. The first-order valence-electron chi connectivity index (χ1n) is 17.9. The molecule has 4 aromatic rings. The minimum absolute atomic E-state index is 0.0341. The summed E-state index contributed by atoms with van der Waals surface area (Å²) >= 11 is -1.44. The molecule has 1 atom stereocenters. The van der Waals surface area contributed by atoms with Crippen LogP contribution in [0.3, 0.4) is 0 Å². The number of fused-ring (bicyclic) bond motifs is 1. The molecule has 1 aliphatic carbocycles. The van der Waals surface area contributed by atoms with Crippen LogP contribution in [0.25, 0.3) is 10.9 Å². The van der Waals surface area contributed by atoms with E-state index < -0.39 is 24.1 Å². The molecule has 0 radical (unpaired) electrons. The van der Waals surface area contributed by atoms with E-state index in [0.29, 0.717) is 86.6 Å². The van der Waals surface area contributed by atoms with Gasteiger partial charge < -0.3 is 33.7 Å². The number of hydrogen-bond donors (Lipinski definition) is 1. The highest BCUT2D eigenvalue weighted by Crippen LogP contribution is 2.35. The van der Waals surface area contributed by atoms with E-state index in [1.165, 1.54) is 11.1 Å². The van der Waals surface area contributed by atoms with Crippen LogP contribution in [-0.4, -0.2) is 123 Å². The largest absolute Gasteiger partial charge is 0.593 e. The normalized spacial score (nSPS) is 20.6. The first-order chi connectivity index (χ1) is 26.0. The molecule has 0 bridgehead atoms. The number of morpholine rings is 1. The van der Waals surface area contributed by atoms with Gasteiger partial charge in [0, 0.05) is 63.6 Å². The Balaban J connectivity index is 1.02. The fourth-order valence-corrected chi connectivity index (χ4v) is 7.75. The van der Waals surface area contributed by atoms with Crippen molar-refractivity contribution in [3.63, 3.8) is 0 Å². The van der Waals surface area contributed by atoms with Gasteiger partial charge in [-0.15, -0.1) is 4.91 Å². The lowest BCUT2D eigenvalue weighted by molar-refractivity contribution is -0.146. The Morgan fingerprint density at radius 2 is 1.70 bits per heavy atom. The number of rotatable bonds is 12.